The lowest BCUT2D eigenvalue weighted by atomic mass is 9.49. The lowest BCUT2D eigenvalue weighted by Gasteiger charge is -2.57. The number of carbonyl (C=O) groups is 1. The van der Waals surface area contributed by atoms with E-state index in [1.807, 2.05) is 25.2 Å². The second kappa shape index (κ2) is 10.6. The van der Waals surface area contributed by atoms with Crippen LogP contribution in [0.3, 0.4) is 0 Å². The van der Waals surface area contributed by atoms with Gasteiger partial charge in [-0.2, -0.15) is 0 Å². The summed E-state index contributed by atoms with van der Waals surface area (Å²) in [7, 11) is 1.70. The maximum Gasteiger partial charge on any atom is 0.155 e. The molecule has 4 saturated carbocycles. The second-order valence-corrected chi connectivity index (χ2v) is 12.7. The summed E-state index contributed by atoms with van der Waals surface area (Å²) < 4.78 is 5.35. The van der Waals surface area contributed by atoms with Crippen LogP contribution in [0.4, 0.5) is 0 Å². The molecule has 0 saturated heterocycles. The van der Waals surface area contributed by atoms with Crippen molar-refractivity contribution in [3.63, 3.8) is 0 Å². The first-order valence-electron chi connectivity index (χ1n) is 14.5. The number of rotatable bonds is 7. The number of methoxy groups -OCH3 is 1. The Kier molecular flexibility index (Phi) is 7.66. The van der Waals surface area contributed by atoms with Crippen LogP contribution in [0.25, 0.3) is 0 Å². The largest absolute Gasteiger partial charge is 0.387 e. The minimum absolute atomic E-state index is 0.132. The van der Waals surface area contributed by atoms with Crippen molar-refractivity contribution in [3.8, 4) is 0 Å². The fourth-order valence-corrected chi connectivity index (χ4v) is 9.32. The summed E-state index contributed by atoms with van der Waals surface area (Å²) in [6.45, 7) is 9.00. The van der Waals surface area contributed by atoms with E-state index in [0.29, 0.717) is 30.8 Å². The highest BCUT2D eigenvalue weighted by atomic mass is 16.5. The monoisotopic (exact) mass is 506 g/mol. The molecule has 0 bridgehead atoms. The van der Waals surface area contributed by atoms with Crippen LogP contribution in [-0.2, 0) is 9.53 Å². The van der Waals surface area contributed by atoms with Gasteiger partial charge in [-0.05, 0) is 124 Å². The average Bonchev–Trinajstić information content (AvgIpc) is 3.25. The van der Waals surface area contributed by atoms with Gasteiger partial charge >= 0.3 is 0 Å². The SMILES string of the molecule is C=CN=C1C=CC(NCC(=O)[C@H]2CCC3C4CC[C@@H]5C[C@@](O)(COC)CC[C@@H]5C4CC[C@@]32C)=C/C1=C/C. The molecule has 0 aromatic carbocycles. The molecule has 2 N–H and O–H groups in total. The first-order valence-corrected chi connectivity index (χ1v) is 14.5. The molecule has 5 heteroatoms. The zero-order chi connectivity index (χ0) is 26.2. The van der Waals surface area contributed by atoms with E-state index in [2.05, 4.69) is 29.9 Å². The van der Waals surface area contributed by atoms with Gasteiger partial charge in [0.05, 0.1) is 24.5 Å². The van der Waals surface area contributed by atoms with Crippen molar-refractivity contribution in [1.29, 1.82) is 0 Å². The summed E-state index contributed by atoms with van der Waals surface area (Å²) in [4.78, 5) is 17.9. The number of ketones is 1. The van der Waals surface area contributed by atoms with E-state index in [1.54, 1.807) is 13.3 Å². The molecule has 8 atom stereocenters. The van der Waals surface area contributed by atoms with Gasteiger partial charge in [-0.25, -0.2) is 0 Å². The Morgan fingerprint density at radius 2 is 1.97 bits per heavy atom. The van der Waals surface area contributed by atoms with E-state index < -0.39 is 5.60 Å². The molecule has 0 aromatic heterocycles. The highest BCUT2D eigenvalue weighted by molar-refractivity contribution is 6.12. The first kappa shape index (κ1) is 26.6. The van der Waals surface area contributed by atoms with Crippen LogP contribution in [0, 0.1) is 40.9 Å². The van der Waals surface area contributed by atoms with Gasteiger partial charge in [0.2, 0.25) is 0 Å². The number of hydrogen-bond acceptors (Lipinski definition) is 5. The third kappa shape index (κ3) is 4.94. The molecule has 4 fully saturated rings. The van der Waals surface area contributed by atoms with Crippen molar-refractivity contribution in [2.24, 2.45) is 45.9 Å². The summed E-state index contributed by atoms with van der Waals surface area (Å²) in [6.07, 6.45) is 19.7. The lowest BCUT2D eigenvalue weighted by Crippen LogP contribution is -2.52. The number of hydrogen-bond donors (Lipinski definition) is 2. The van der Waals surface area contributed by atoms with Gasteiger partial charge in [0, 0.05) is 24.9 Å². The fraction of sp³-hybridized carbons (Fsp3) is 0.688. The topological polar surface area (TPSA) is 70.9 Å². The molecule has 0 amide bonds. The Bertz CT molecular complexity index is 1030. The molecule has 5 aliphatic rings. The van der Waals surface area contributed by atoms with Crippen LogP contribution >= 0.6 is 0 Å². The standard InChI is InChI=1S/C32H46N2O3/c1-5-21-17-23(8-12-29(21)33-6-2)34-19-30(35)28-11-10-27-26-9-7-22-18-32(36,20-37-4)16-14-24(22)25(26)13-15-31(27,28)3/h5-6,8,12,17,22,24-28,34,36H,2,7,9-11,13-16,18-20H2,1,3-4H3/b21-5-,33-29?/t22-,24+,25?,26?,27?,28-,31+,32-/m1/s1. The third-order valence-corrected chi connectivity index (χ3v) is 10.9. The number of fused-ring (bicyclic) bond motifs is 5. The summed E-state index contributed by atoms with van der Waals surface area (Å²) in [5.41, 5.74) is 2.42. The Hall–Kier alpha value is -1.98. The Morgan fingerprint density at radius 1 is 1.16 bits per heavy atom. The molecule has 5 nitrogen and oxygen atoms in total. The maximum atomic E-state index is 13.6. The number of allylic oxidation sites excluding steroid dienone is 5. The van der Waals surface area contributed by atoms with Crippen LogP contribution in [0.15, 0.2) is 53.3 Å². The molecule has 5 rings (SSSR count). The predicted molar refractivity (Wildman–Crippen MR) is 149 cm³/mol. The van der Waals surface area contributed by atoms with E-state index >= 15 is 0 Å². The normalized spacial score (nSPS) is 43.1. The van der Waals surface area contributed by atoms with Gasteiger partial charge in [-0.1, -0.05) is 19.6 Å². The van der Waals surface area contributed by atoms with Gasteiger partial charge in [0.15, 0.2) is 5.78 Å². The van der Waals surface area contributed by atoms with Crippen molar-refractivity contribution in [2.45, 2.75) is 77.2 Å². The summed E-state index contributed by atoms with van der Waals surface area (Å²) in [5.74, 6) is 4.12. The van der Waals surface area contributed by atoms with Gasteiger partial charge in [-0.15, -0.1) is 0 Å². The van der Waals surface area contributed by atoms with Gasteiger partial charge in [0.25, 0.3) is 0 Å². The predicted octanol–water partition coefficient (Wildman–Crippen LogP) is 5.78. The molecule has 0 spiro atoms. The zero-order valence-corrected chi connectivity index (χ0v) is 23.0. The maximum absolute atomic E-state index is 13.6. The van der Waals surface area contributed by atoms with Crippen molar-refractivity contribution in [2.75, 3.05) is 20.3 Å². The van der Waals surface area contributed by atoms with Crippen LogP contribution in [0.2, 0.25) is 0 Å². The van der Waals surface area contributed by atoms with Crippen LogP contribution in [-0.4, -0.2) is 42.5 Å². The van der Waals surface area contributed by atoms with E-state index in [9.17, 15) is 9.90 Å². The average molecular weight is 507 g/mol. The number of nitrogens with zero attached hydrogens (tertiary/aromatic N) is 1. The highest BCUT2D eigenvalue weighted by Crippen LogP contribution is 2.64. The van der Waals surface area contributed by atoms with E-state index in [-0.39, 0.29) is 11.3 Å². The molecule has 5 aliphatic carbocycles. The van der Waals surface area contributed by atoms with Crippen molar-refractivity contribution < 1.29 is 14.6 Å². The third-order valence-electron chi connectivity index (χ3n) is 10.9. The summed E-state index contributed by atoms with van der Waals surface area (Å²) in [6, 6.07) is 0. The zero-order valence-electron chi connectivity index (χ0n) is 23.0. The minimum atomic E-state index is -0.625. The quantitative estimate of drug-likeness (QED) is 0.459. The number of Topliss-reactive ketones (excluding diaryl/α,β-unsaturated/α-hetero) is 1. The second-order valence-electron chi connectivity index (χ2n) is 12.7. The van der Waals surface area contributed by atoms with Crippen LogP contribution < -0.4 is 5.32 Å². The smallest absolute Gasteiger partial charge is 0.155 e. The number of aliphatic hydroxyl groups is 1. The Morgan fingerprint density at radius 3 is 2.73 bits per heavy atom. The van der Waals surface area contributed by atoms with E-state index in [4.69, 9.17) is 4.74 Å². The lowest BCUT2D eigenvalue weighted by molar-refractivity contribution is -0.135. The van der Waals surface area contributed by atoms with Gasteiger partial charge in [-0.3, -0.25) is 9.79 Å². The van der Waals surface area contributed by atoms with Gasteiger partial charge in [0.1, 0.15) is 0 Å². The first-order chi connectivity index (χ1) is 17.8. The van der Waals surface area contributed by atoms with E-state index in [0.717, 1.165) is 60.4 Å². The molecule has 0 aromatic rings. The van der Waals surface area contributed by atoms with Crippen LogP contribution in [0.5, 0.6) is 0 Å². The minimum Gasteiger partial charge on any atom is -0.387 e. The number of ether oxygens (including phenoxy) is 1. The molecule has 202 valence electrons. The highest BCUT2D eigenvalue weighted by Gasteiger charge is 2.58. The van der Waals surface area contributed by atoms with Crippen LogP contribution in [0.1, 0.15) is 71.6 Å². The number of nitrogens with one attached hydrogen (secondary N) is 1. The number of aliphatic imine (C=N–C) groups is 1. The van der Waals surface area contributed by atoms with Crippen molar-refractivity contribution in [3.05, 3.63) is 48.4 Å². The van der Waals surface area contributed by atoms with Gasteiger partial charge < -0.3 is 15.2 Å². The summed E-state index contributed by atoms with van der Waals surface area (Å²) in [5, 5.41) is 14.4. The summed E-state index contributed by atoms with van der Waals surface area (Å²) >= 11 is 0. The number of carbonyl (C=O) groups excluding carboxylic acids is 1. The molecular formula is C32H46N2O3. The Labute approximate surface area is 223 Å². The molecule has 0 heterocycles. The molecular weight excluding hydrogens is 460 g/mol. The molecule has 0 aliphatic heterocycles. The molecule has 3 unspecified atom stereocenters. The molecule has 0 radical (unpaired) electrons. The van der Waals surface area contributed by atoms with Crippen molar-refractivity contribution in [1.82, 2.24) is 5.32 Å². The Balaban J connectivity index is 1.22. The fourth-order valence-electron chi connectivity index (χ4n) is 9.32. The molecule has 37 heavy (non-hydrogen) atoms. The van der Waals surface area contributed by atoms with Crippen molar-refractivity contribution >= 4 is 11.5 Å². The van der Waals surface area contributed by atoms with E-state index in [1.165, 1.54) is 32.1 Å².